The van der Waals surface area contributed by atoms with Crippen molar-refractivity contribution in [3.05, 3.63) is 23.2 Å². The highest BCUT2D eigenvalue weighted by atomic mass is 16.3. The first-order valence-corrected chi connectivity index (χ1v) is 6.36. The maximum Gasteiger partial charge on any atom is 0.106 e. The zero-order valence-corrected chi connectivity index (χ0v) is 10.4. The van der Waals surface area contributed by atoms with Crippen LogP contribution in [-0.4, -0.2) is 0 Å². The number of unbranched alkanes of at least 4 members (excludes halogenated alkanes) is 4. The summed E-state index contributed by atoms with van der Waals surface area (Å²) < 4.78 is 5.77. The van der Waals surface area contributed by atoms with Crippen LogP contribution >= 0.6 is 0 Å². The van der Waals surface area contributed by atoms with Crippen LogP contribution in [0.25, 0.3) is 0 Å². The van der Waals surface area contributed by atoms with Crippen molar-refractivity contribution in [2.75, 3.05) is 0 Å². The van der Waals surface area contributed by atoms with Gasteiger partial charge in [-0.3, -0.25) is 0 Å². The van der Waals surface area contributed by atoms with E-state index in [1.165, 1.54) is 49.2 Å². The van der Waals surface area contributed by atoms with Gasteiger partial charge in [0.2, 0.25) is 0 Å². The predicted octanol–water partition coefficient (Wildman–Crippen LogP) is 4.66. The van der Waals surface area contributed by atoms with Crippen molar-refractivity contribution in [3.63, 3.8) is 0 Å². The maximum atomic E-state index is 5.77. The van der Waals surface area contributed by atoms with Gasteiger partial charge in [-0.05, 0) is 25.0 Å². The molecule has 86 valence electrons. The third-order valence-corrected chi connectivity index (χ3v) is 2.92. The second-order valence-corrected chi connectivity index (χ2v) is 4.34. The fourth-order valence-electron chi connectivity index (χ4n) is 1.97. The molecule has 1 rings (SSSR count). The van der Waals surface area contributed by atoms with Gasteiger partial charge in [0.15, 0.2) is 0 Å². The third kappa shape index (κ3) is 4.11. The Morgan fingerprint density at radius 1 is 1.07 bits per heavy atom. The molecule has 0 aliphatic heterocycles. The minimum absolute atomic E-state index is 1.02. The number of hydrogen-bond donors (Lipinski definition) is 0. The van der Waals surface area contributed by atoms with E-state index in [0.717, 1.165) is 12.8 Å². The normalized spacial score (nSPS) is 10.9. The van der Waals surface area contributed by atoms with Crippen LogP contribution in [0.4, 0.5) is 0 Å². The molecule has 0 spiro atoms. The highest BCUT2D eigenvalue weighted by molar-refractivity contribution is 5.19. The van der Waals surface area contributed by atoms with E-state index in [4.69, 9.17) is 4.42 Å². The zero-order valence-electron chi connectivity index (χ0n) is 10.4. The molecule has 1 nitrogen and oxygen atoms in total. The summed E-state index contributed by atoms with van der Waals surface area (Å²) in [7, 11) is 0. The van der Waals surface area contributed by atoms with E-state index >= 15 is 0 Å². The molecular formula is C14H24O. The number of hydrogen-bond acceptors (Lipinski definition) is 1. The lowest BCUT2D eigenvalue weighted by molar-refractivity contribution is 0.457. The molecular weight excluding hydrogens is 184 g/mol. The molecule has 0 aliphatic rings. The fraction of sp³-hybridized carbons (Fsp3) is 0.714. The molecule has 0 unspecified atom stereocenters. The summed E-state index contributed by atoms with van der Waals surface area (Å²) in [6.07, 6.45) is 8.81. The number of rotatable bonds is 7. The fourth-order valence-corrected chi connectivity index (χ4v) is 1.97. The molecule has 0 aliphatic carbocycles. The van der Waals surface area contributed by atoms with Gasteiger partial charge in [-0.25, -0.2) is 0 Å². The summed E-state index contributed by atoms with van der Waals surface area (Å²) in [4.78, 5) is 0. The minimum atomic E-state index is 1.02. The van der Waals surface area contributed by atoms with Gasteiger partial charge in [0.05, 0.1) is 0 Å². The molecule has 0 radical (unpaired) electrons. The standard InChI is InChI=1S/C14H24O/c1-4-6-7-8-9-10-13-11-12(3)14(5-2)15-13/h11H,4-10H2,1-3H3. The monoisotopic (exact) mass is 208 g/mol. The molecule has 0 amide bonds. The Morgan fingerprint density at radius 3 is 2.40 bits per heavy atom. The Morgan fingerprint density at radius 2 is 1.80 bits per heavy atom. The first-order chi connectivity index (χ1) is 7.27. The van der Waals surface area contributed by atoms with Crippen LogP contribution in [0.1, 0.15) is 63.0 Å². The van der Waals surface area contributed by atoms with Gasteiger partial charge in [0, 0.05) is 12.8 Å². The second kappa shape index (κ2) is 6.71. The molecule has 0 saturated carbocycles. The van der Waals surface area contributed by atoms with E-state index < -0.39 is 0 Å². The van der Waals surface area contributed by atoms with Crippen LogP contribution in [0.15, 0.2) is 10.5 Å². The zero-order chi connectivity index (χ0) is 11.1. The quantitative estimate of drug-likeness (QED) is 0.594. The van der Waals surface area contributed by atoms with Crippen LogP contribution in [0, 0.1) is 6.92 Å². The van der Waals surface area contributed by atoms with Crippen LogP contribution in [-0.2, 0) is 12.8 Å². The molecule has 0 N–H and O–H groups in total. The Balaban J connectivity index is 2.25. The predicted molar refractivity (Wildman–Crippen MR) is 65.3 cm³/mol. The average molecular weight is 208 g/mol. The summed E-state index contributed by atoms with van der Waals surface area (Å²) in [5.41, 5.74) is 1.32. The summed E-state index contributed by atoms with van der Waals surface area (Å²) in [5, 5.41) is 0. The molecule has 0 atom stereocenters. The van der Waals surface area contributed by atoms with E-state index in [1.807, 2.05) is 0 Å². The van der Waals surface area contributed by atoms with E-state index in [1.54, 1.807) is 0 Å². The van der Waals surface area contributed by atoms with Gasteiger partial charge < -0.3 is 4.42 Å². The van der Waals surface area contributed by atoms with Crippen molar-refractivity contribution in [1.29, 1.82) is 0 Å². The Bertz CT molecular complexity index is 273. The highest BCUT2D eigenvalue weighted by Crippen LogP contribution is 2.17. The number of furan rings is 1. The van der Waals surface area contributed by atoms with Crippen LogP contribution in [0.5, 0.6) is 0 Å². The molecule has 1 heteroatoms. The molecule has 0 aromatic carbocycles. The van der Waals surface area contributed by atoms with Crippen molar-refractivity contribution in [1.82, 2.24) is 0 Å². The summed E-state index contributed by atoms with van der Waals surface area (Å²) in [6, 6.07) is 2.21. The van der Waals surface area contributed by atoms with Gasteiger partial charge >= 0.3 is 0 Å². The topological polar surface area (TPSA) is 13.1 Å². The van der Waals surface area contributed by atoms with Crippen molar-refractivity contribution < 1.29 is 4.42 Å². The Labute approximate surface area is 93.9 Å². The molecule has 1 aromatic rings. The van der Waals surface area contributed by atoms with Crippen LogP contribution < -0.4 is 0 Å². The molecule has 15 heavy (non-hydrogen) atoms. The SMILES string of the molecule is CCCCCCCc1cc(C)c(CC)o1. The summed E-state index contributed by atoms with van der Waals surface area (Å²) >= 11 is 0. The van der Waals surface area contributed by atoms with Gasteiger partial charge in [0.1, 0.15) is 11.5 Å². The third-order valence-electron chi connectivity index (χ3n) is 2.92. The van der Waals surface area contributed by atoms with Crippen LogP contribution in [0.2, 0.25) is 0 Å². The summed E-state index contributed by atoms with van der Waals surface area (Å²) in [6.45, 7) is 6.54. The van der Waals surface area contributed by atoms with Crippen LogP contribution in [0.3, 0.4) is 0 Å². The molecule has 0 fully saturated rings. The molecule has 1 heterocycles. The molecule has 0 bridgehead atoms. The van der Waals surface area contributed by atoms with Crippen molar-refractivity contribution in [3.8, 4) is 0 Å². The van der Waals surface area contributed by atoms with Crippen molar-refractivity contribution in [2.45, 2.75) is 65.7 Å². The Kier molecular flexibility index (Phi) is 5.52. The lowest BCUT2D eigenvalue weighted by atomic mass is 10.1. The smallest absolute Gasteiger partial charge is 0.106 e. The average Bonchev–Trinajstić information content (AvgIpc) is 2.59. The first-order valence-electron chi connectivity index (χ1n) is 6.36. The van der Waals surface area contributed by atoms with Gasteiger partial charge in [-0.2, -0.15) is 0 Å². The maximum absolute atomic E-state index is 5.77. The van der Waals surface area contributed by atoms with E-state index in [-0.39, 0.29) is 0 Å². The van der Waals surface area contributed by atoms with E-state index in [2.05, 4.69) is 26.8 Å². The van der Waals surface area contributed by atoms with Crippen molar-refractivity contribution in [2.24, 2.45) is 0 Å². The van der Waals surface area contributed by atoms with Gasteiger partial charge in [-0.15, -0.1) is 0 Å². The minimum Gasteiger partial charge on any atom is -0.466 e. The van der Waals surface area contributed by atoms with Gasteiger partial charge in [0.25, 0.3) is 0 Å². The first kappa shape index (κ1) is 12.4. The van der Waals surface area contributed by atoms with E-state index in [0.29, 0.717) is 0 Å². The van der Waals surface area contributed by atoms with E-state index in [9.17, 15) is 0 Å². The Hall–Kier alpha value is -0.720. The number of aryl methyl sites for hydroxylation is 3. The molecule has 0 saturated heterocycles. The van der Waals surface area contributed by atoms with Gasteiger partial charge in [-0.1, -0.05) is 39.5 Å². The molecule has 1 aromatic heterocycles. The lowest BCUT2D eigenvalue weighted by Gasteiger charge is -1.98. The highest BCUT2D eigenvalue weighted by Gasteiger charge is 2.04. The lowest BCUT2D eigenvalue weighted by Crippen LogP contribution is -1.83. The van der Waals surface area contributed by atoms with Crippen molar-refractivity contribution >= 4 is 0 Å². The largest absolute Gasteiger partial charge is 0.466 e. The second-order valence-electron chi connectivity index (χ2n) is 4.34. The summed E-state index contributed by atoms with van der Waals surface area (Å²) in [5.74, 6) is 2.35.